The molecule has 0 aliphatic carbocycles. The van der Waals surface area contributed by atoms with E-state index < -0.39 is 0 Å². The topological polar surface area (TPSA) is 84.0 Å². The number of amides is 2. The van der Waals surface area contributed by atoms with Crippen LogP contribution in [-0.2, 0) is 27.3 Å². The monoisotopic (exact) mass is 578 g/mol. The molecule has 1 aromatic heterocycles. The van der Waals surface area contributed by atoms with Crippen molar-refractivity contribution in [2.45, 2.75) is 39.2 Å². The number of aromatic nitrogens is 1. The molecule has 6 rings (SSSR count). The van der Waals surface area contributed by atoms with Gasteiger partial charge in [0.05, 0.1) is 18.0 Å². The van der Waals surface area contributed by atoms with E-state index in [4.69, 9.17) is 9.47 Å². The Labute approximate surface area is 230 Å². The van der Waals surface area contributed by atoms with Gasteiger partial charge in [-0.1, -0.05) is 19.1 Å². The van der Waals surface area contributed by atoms with Gasteiger partial charge in [0.15, 0.2) is 0 Å². The molecule has 0 bridgehead atoms. The summed E-state index contributed by atoms with van der Waals surface area (Å²) in [4.78, 5) is 35.7. The Hall–Kier alpha value is -3.01. The Morgan fingerprint density at radius 3 is 2.87 bits per heavy atom. The number of carbonyl (C=O) groups excluding carboxylic acids is 2. The number of methoxy groups -OCH3 is 1. The lowest BCUT2D eigenvalue weighted by Crippen LogP contribution is -2.39. The summed E-state index contributed by atoms with van der Waals surface area (Å²) < 4.78 is 12.1. The van der Waals surface area contributed by atoms with E-state index in [9.17, 15) is 9.59 Å². The number of pyridine rings is 1. The highest BCUT2D eigenvalue weighted by atomic mass is 79.9. The summed E-state index contributed by atoms with van der Waals surface area (Å²) in [5.74, 6) is 0.919. The molecule has 2 aromatic rings. The molecular weight excluding hydrogens is 548 g/mol. The number of hydrogen-bond donors (Lipinski definition) is 1. The standard InChI is InChI=1S/C29H31BrN4O4/c1-17-3-4-24(18-6-9-38-10-7-18)34-25-13-20(16-37-2)22(14-23(25)32-28(35)26(34)11-17)29(36)33-8-5-19-12-21(30)15-31-27(19)33/h4,11-15,17-18H,3,5-10,16H2,1-2H3,(H,32,35). The van der Waals surface area contributed by atoms with Gasteiger partial charge in [-0.25, -0.2) is 4.98 Å². The number of allylic oxidation sites excluding steroid dienone is 3. The number of hydrogen-bond acceptors (Lipinski definition) is 6. The Kier molecular flexibility index (Phi) is 6.84. The van der Waals surface area contributed by atoms with Gasteiger partial charge in [0, 0.05) is 54.7 Å². The summed E-state index contributed by atoms with van der Waals surface area (Å²) in [5, 5.41) is 3.08. The number of benzene rings is 1. The largest absolute Gasteiger partial charge is 0.381 e. The minimum absolute atomic E-state index is 0.145. The zero-order chi connectivity index (χ0) is 26.4. The van der Waals surface area contributed by atoms with Crippen LogP contribution in [0.3, 0.4) is 0 Å². The maximum absolute atomic E-state index is 13.9. The number of fused-ring (bicyclic) bond motifs is 4. The number of carbonyl (C=O) groups is 2. The van der Waals surface area contributed by atoms with E-state index in [1.165, 1.54) is 0 Å². The third-order valence-corrected chi connectivity index (χ3v) is 8.20. The normalized spacial score (nSPS) is 21.1. The van der Waals surface area contributed by atoms with Crippen LogP contribution in [-0.4, -0.2) is 43.7 Å². The molecular formula is C29H31BrN4O4. The molecule has 1 atom stereocenters. The van der Waals surface area contributed by atoms with Gasteiger partial charge >= 0.3 is 0 Å². The van der Waals surface area contributed by atoms with Crippen molar-refractivity contribution in [3.63, 3.8) is 0 Å². The molecule has 1 unspecified atom stereocenters. The van der Waals surface area contributed by atoms with Gasteiger partial charge in [0.2, 0.25) is 0 Å². The number of ether oxygens (including phenoxy) is 2. The predicted molar refractivity (Wildman–Crippen MR) is 149 cm³/mol. The highest BCUT2D eigenvalue weighted by Gasteiger charge is 2.37. The van der Waals surface area contributed by atoms with Gasteiger partial charge in [-0.05, 0) is 76.9 Å². The molecule has 4 aliphatic heterocycles. The third kappa shape index (κ3) is 4.46. The van der Waals surface area contributed by atoms with Crippen molar-refractivity contribution in [1.29, 1.82) is 0 Å². The Balaban J connectivity index is 1.45. The molecule has 1 saturated heterocycles. The average Bonchev–Trinajstić information content (AvgIpc) is 3.24. The smallest absolute Gasteiger partial charge is 0.272 e. The van der Waals surface area contributed by atoms with Gasteiger partial charge in [-0.15, -0.1) is 0 Å². The van der Waals surface area contributed by atoms with E-state index in [2.05, 4.69) is 50.2 Å². The fraction of sp³-hybridized carbons (Fsp3) is 0.414. The Bertz CT molecular complexity index is 1360. The van der Waals surface area contributed by atoms with Gasteiger partial charge in [0.1, 0.15) is 11.5 Å². The lowest BCUT2D eigenvalue weighted by atomic mass is 9.92. The van der Waals surface area contributed by atoms with E-state index in [-0.39, 0.29) is 24.3 Å². The second-order valence-electron chi connectivity index (χ2n) is 10.4. The second-order valence-corrected chi connectivity index (χ2v) is 11.3. The Morgan fingerprint density at radius 1 is 1.26 bits per heavy atom. The predicted octanol–water partition coefficient (Wildman–Crippen LogP) is 5.19. The van der Waals surface area contributed by atoms with E-state index >= 15 is 0 Å². The molecule has 0 saturated carbocycles. The first-order valence-electron chi connectivity index (χ1n) is 13.2. The van der Waals surface area contributed by atoms with Crippen molar-refractivity contribution in [3.8, 4) is 0 Å². The summed E-state index contributed by atoms with van der Waals surface area (Å²) >= 11 is 3.47. The minimum atomic E-state index is -0.153. The molecule has 4 aliphatic rings. The van der Waals surface area contributed by atoms with Crippen molar-refractivity contribution in [1.82, 2.24) is 4.98 Å². The Morgan fingerprint density at radius 2 is 2.08 bits per heavy atom. The number of rotatable bonds is 4. The third-order valence-electron chi connectivity index (χ3n) is 7.77. The first-order chi connectivity index (χ1) is 18.4. The first kappa shape index (κ1) is 25.3. The molecule has 2 amide bonds. The maximum Gasteiger partial charge on any atom is 0.272 e. The van der Waals surface area contributed by atoms with Crippen LogP contribution in [0.5, 0.6) is 0 Å². The molecule has 1 fully saturated rings. The maximum atomic E-state index is 13.9. The van der Waals surface area contributed by atoms with Crippen molar-refractivity contribution in [2.24, 2.45) is 11.8 Å². The molecule has 1 N–H and O–H groups in total. The van der Waals surface area contributed by atoms with Gasteiger partial charge in [-0.3, -0.25) is 14.5 Å². The molecule has 38 heavy (non-hydrogen) atoms. The zero-order valence-corrected chi connectivity index (χ0v) is 23.2. The van der Waals surface area contributed by atoms with E-state index in [1.807, 2.05) is 18.2 Å². The van der Waals surface area contributed by atoms with Crippen LogP contribution in [0, 0.1) is 11.8 Å². The number of nitrogens with zero attached hydrogens (tertiary/aromatic N) is 3. The van der Waals surface area contributed by atoms with Crippen LogP contribution in [0.25, 0.3) is 0 Å². The zero-order valence-electron chi connectivity index (χ0n) is 21.6. The number of halogens is 1. The molecule has 8 nitrogen and oxygen atoms in total. The highest BCUT2D eigenvalue weighted by molar-refractivity contribution is 9.10. The van der Waals surface area contributed by atoms with E-state index in [1.54, 1.807) is 18.2 Å². The van der Waals surface area contributed by atoms with Crippen LogP contribution >= 0.6 is 15.9 Å². The average molecular weight is 579 g/mol. The number of nitrogens with one attached hydrogen (secondary N) is 1. The summed E-state index contributed by atoms with van der Waals surface area (Å²) in [6.45, 7) is 4.40. The lowest BCUT2D eigenvalue weighted by Gasteiger charge is -2.39. The molecule has 0 radical (unpaired) electrons. The molecule has 5 heterocycles. The summed E-state index contributed by atoms with van der Waals surface area (Å²) in [5.41, 5.74) is 5.61. The van der Waals surface area contributed by atoms with Gasteiger partial charge in [0.25, 0.3) is 11.8 Å². The molecule has 1 aromatic carbocycles. The van der Waals surface area contributed by atoms with Crippen LogP contribution in [0.2, 0.25) is 0 Å². The second kappa shape index (κ2) is 10.3. The van der Waals surface area contributed by atoms with Crippen molar-refractivity contribution in [3.05, 3.63) is 69.1 Å². The summed E-state index contributed by atoms with van der Waals surface area (Å²) in [7, 11) is 1.63. The molecule has 9 heteroatoms. The van der Waals surface area contributed by atoms with Gasteiger partial charge < -0.3 is 19.7 Å². The van der Waals surface area contributed by atoms with Crippen molar-refractivity contribution < 1.29 is 19.1 Å². The van der Waals surface area contributed by atoms with Crippen molar-refractivity contribution in [2.75, 3.05) is 42.0 Å². The quantitative estimate of drug-likeness (QED) is 0.537. The summed E-state index contributed by atoms with van der Waals surface area (Å²) in [6.07, 6.45) is 9.50. The first-order valence-corrected chi connectivity index (χ1v) is 14.0. The highest BCUT2D eigenvalue weighted by Crippen LogP contribution is 2.44. The van der Waals surface area contributed by atoms with Crippen LogP contribution < -0.4 is 15.1 Å². The van der Waals surface area contributed by atoms with Gasteiger partial charge in [-0.2, -0.15) is 0 Å². The minimum Gasteiger partial charge on any atom is -0.381 e. The van der Waals surface area contributed by atoms with Crippen molar-refractivity contribution >= 4 is 44.9 Å². The fourth-order valence-electron chi connectivity index (χ4n) is 5.90. The molecule has 198 valence electrons. The van der Waals surface area contributed by atoms with Crippen LogP contribution in [0.4, 0.5) is 17.2 Å². The van der Waals surface area contributed by atoms with E-state index in [0.717, 1.165) is 52.7 Å². The van der Waals surface area contributed by atoms with Crippen LogP contribution in [0.1, 0.15) is 47.7 Å². The summed E-state index contributed by atoms with van der Waals surface area (Å²) in [6, 6.07) is 5.83. The van der Waals surface area contributed by atoms with E-state index in [0.29, 0.717) is 48.4 Å². The van der Waals surface area contributed by atoms with Crippen LogP contribution in [0.15, 0.2) is 52.4 Å². The number of anilines is 3. The molecule has 0 spiro atoms. The fourth-order valence-corrected chi connectivity index (χ4v) is 6.28. The lowest BCUT2D eigenvalue weighted by molar-refractivity contribution is -0.113. The SMILES string of the molecule is COCc1cc2c(cc1C(=O)N1CCc3cc(Br)cnc31)NC(=O)C1=CC(C)CC=C(C3CCOCC3)N12.